The molecule has 1 atom stereocenters. The highest BCUT2D eigenvalue weighted by Gasteiger charge is 2.01. The quantitative estimate of drug-likeness (QED) is 0.263. The Hall–Kier alpha value is -0.530. The van der Waals surface area contributed by atoms with Gasteiger partial charge >= 0.3 is 6.47 Å². The molecule has 1 radical (unpaired) electrons. The third-order valence-electron chi connectivity index (χ3n) is 4.46. The summed E-state index contributed by atoms with van der Waals surface area (Å²) in [6.45, 7) is 5.74. The highest BCUT2D eigenvalue weighted by Crippen LogP contribution is 2.14. The van der Waals surface area contributed by atoms with Crippen molar-refractivity contribution >= 4 is 6.47 Å². The Labute approximate surface area is 139 Å². The Balaban J connectivity index is 3.01. The third-order valence-corrected chi connectivity index (χ3v) is 4.46. The lowest BCUT2D eigenvalue weighted by atomic mass is 10.0. The van der Waals surface area contributed by atoms with Crippen molar-refractivity contribution in [2.75, 3.05) is 0 Å². The zero-order chi connectivity index (χ0) is 16.3. The van der Waals surface area contributed by atoms with Crippen LogP contribution in [0.1, 0.15) is 117 Å². The van der Waals surface area contributed by atoms with Crippen molar-refractivity contribution in [3.05, 3.63) is 0 Å². The van der Waals surface area contributed by atoms with Gasteiger partial charge < -0.3 is 4.74 Å². The van der Waals surface area contributed by atoms with E-state index in [1.807, 2.05) is 6.92 Å². The molecule has 0 aliphatic rings. The Morgan fingerprint density at radius 2 is 1.05 bits per heavy atom. The molecule has 0 rings (SSSR count). The van der Waals surface area contributed by atoms with E-state index in [1.54, 1.807) is 0 Å². The van der Waals surface area contributed by atoms with Gasteiger partial charge in [0.05, 0.1) is 6.10 Å². The van der Waals surface area contributed by atoms with Crippen LogP contribution in [0, 0.1) is 0 Å². The standard InChI is InChI=1S/C20H39O2/c1-3-4-5-6-7-8-9-10-11-12-13-14-15-16-17-18-20(2)22-19-21/h20H,3-18H2,1-2H3. The van der Waals surface area contributed by atoms with Crippen LogP contribution < -0.4 is 0 Å². The maximum atomic E-state index is 10.0. The molecular weight excluding hydrogens is 272 g/mol. The first-order valence-electron chi connectivity index (χ1n) is 9.84. The lowest BCUT2D eigenvalue weighted by molar-refractivity contribution is 0.181. The van der Waals surface area contributed by atoms with E-state index in [0.717, 1.165) is 6.42 Å². The molecule has 131 valence electrons. The third kappa shape index (κ3) is 17.5. The van der Waals surface area contributed by atoms with Crippen LogP contribution in [0.3, 0.4) is 0 Å². The summed E-state index contributed by atoms with van der Waals surface area (Å²) in [6.07, 6.45) is 21.8. The van der Waals surface area contributed by atoms with Crippen molar-refractivity contribution in [1.29, 1.82) is 0 Å². The van der Waals surface area contributed by atoms with Gasteiger partial charge in [-0.05, 0) is 19.8 Å². The average Bonchev–Trinajstić information content (AvgIpc) is 2.51. The van der Waals surface area contributed by atoms with Gasteiger partial charge in [0.25, 0.3) is 0 Å². The van der Waals surface area contributed by atoms with Gasteiger partial charge in [0.15, 0.2) is 0 Å². The van der Waals surface area contributed by atoms with E-state index in [9.17, 15) is 4.79 Å². The van der Waals surface area contributed by atoms with Gasteiger partial charge in [-0.3, -0.25) is 0 Å². The summed E-state index contributed by atoms with van der Waals surface area (Å²) in [4.78, 5) is 10.0. The van der Waals surface area contributed by atoms with E-state index >= 15 is 0 Å². The van der Waals surface area contributed by atoms with Crippen molar-refractivity contribution < 1.29 is 9.53 Å². The lowest BCUT2D eigenvalue weighted by Gasteiger charge is -2.07. The molecular formula is C20H39O2. The second-order valence-electron chi connectivity index (χ2n) is 6.75. The smallest absolute Gasteiger partial charge is 0.417 e. The second-order valence-corrected chi connectivity index (χ2v) is 6.75. The molecule has 0 N–H and O–H groups in total. The molecule has 0 heterocycles. The summed E-state index contributed by atoms with van der Waals surface area (Å²) >= 11 is 0. The average molecular weight is 312 g/mol. The first-order chi connectivity index (χ1) is 10.8. The number of rotatable bonds is 18. The van der Waals surface area contributed by atoms with Crippen LogP contribution in [0.4, 0.5) is 0 Å². The number of hydrogen-bond donors (Lipinski definition) is 0. The molecule has 0 fully saturated rings. The van der Waals surface area contributed by atoms with E-state index in [4.69, 9.17) is 4.74 Å². The molecule has 0 saturated heterocycles. The number of unbranched alkanes of at least 4 members (excludes halogenated alkanes) is 14. The fraction of sp³-hybridized carbons (Fsp3) is 0.950. The van der Waals surface area contributed by atoms with Gasteiger partial charge in [0.2, 0.25) is 0 Å². The monoisotopic (exact) mass is 311 g/mol. The molecule has 0 aromatic rings. The Morgan fingerprint density at radius 3 is 1.41 bits per heavy atom. The first kappa shape index (κ1) is 21.5. The van der Waals surface area contributed by atoms with E-state index in [-0.39, 0.29) is 6.10 Å². The zero-order valence-corrected chi connectivity index (χ0v) is 15.2. The molecule has 2 nitrogen and oxygen atoms in total. The highest BCUT2D eigenvalue weighted by molar-refractivity contribution is 5.38. The van der Waals surface area contributed by atoms with E-state index < -0.39 is 0 Å². The SMILES string of the molecule is CCCCCCCCCCCCCCCCCC(C)O[C]=O. The highest BCUT2D eigenvalue weighted by atomic mass is 16.5. The predicted molar refractivity (Wildman–Crippen MR) is 95.8 cm³/mol. The fourth-order valence-corrected chi connectivity index (χ4v) is 2.94. The maximum absolute atomic E-state index is 10.0. The van der Waals surface area contributed by atoms with Crippen LogP contribution in [0.15, 0.2) is 0 Å². The summed E-state index contributed by atoms with van der Waals surface area (Å²) in [5, 5.41) is 0. The Kier molecular flexibility index (Phi) is 18.1. The maximum Gasteiger partial charge on any atom is 0.417 e. The first-order valence-corrected chi connectivity index (χ1v) is 9.84. The van der Waals surface area contributed by atoms with Crippen LogP contribution in [-0.4, -0.2) is 12.6 Å². The topological polar surface area (TPSA) is 26.3 Å². The normalized spacial score (nSPS) is 12.3. The summed E-state index contributed by atoms with van der Waals surface area (Å²) in [5.41, 5.74) is 0. The molecule has 0 saturated carbocycles. The predicted octanol–water partition coefficient (Wildman–Crippen LogP) is 6.72. The molecule has 22 heavy (non-hydrogen) atoms. The van der Waals surface area contributed by atoms with Crippen molar-refractivity contribution in [1.82, 2.24) is 0 Å². The van der Waals surface area contributed by atoms with E-state index in [0.29, 0.717) is 0 Å². The molecule has 0 aromatic heterocycles. The molecule has 0 aliphatic heterocycles. The zero-order valence-electron chi connectivity index (χ0n) is 15.2. The molecule has 0 aromatic carbocycles. The number of hydrogen-bond acceptors (Lipinski definition) is 2. The molecule has 0 spiro atoms. The fourth-order valence-electron chi connectivity index (χ4n) is 2.94. The van der Waals surface area contributed by atoms with Crippen LogP contribution in [0.5, 0.6) is 0 Å². The van der Waals surface area contributed by atoms with Crippen molar-refractivity contribution in [3.8, 4) is 0 Å². The molecule has 0 aliphatic carbocycles. The lowest BCUT2D eigenvalue weighted by Crippen LogP contribution is -2.05. The minimum absolute atomic E-state index is 0.0412. The van der Waals surface area contributed by atoms with E-state index in [1.165, 1.54) is 103 Å². The number of carbonyl (C=O) groups excluding carboxylic acids is 1. The van der Waals surface area contributed by atoms with E-state index in [2.05, 4.69) is 6.92 Å². The minimum atomic E-state index is 0.0412. The van der Waals surface area contributed by atoms with Gasteiger partial charge in [-0.2, -0.15) is 0 Å². The summed E-state index contributed by atoms with van der Waals surface area (Å²) in [7, 11) is 0. The molecule has 1 unspecified atom stereocenters. The van der Waals surface area contributed by atoms with Gasteiger partial charge in [0, 0.05) is 0 Å². The van der Waals surface area contributed by atoms with Gasteiger partial charge in [0.1, 0.15) is 0 Å². The van der Waals surface area contributed by atoms with Gasteiger partial charge in [-0.25, -0.2) is 4.79 Å². The van der Waals surface area contributed by atoms with Gasteiger partial charge in [-0.15, -0.1) is 0 Å². The summed E-state index contributed by atoms with van der Waals surface area (Å²) in [6, 6.07) is 0. The minimum Gasteiger partial charge on any atom is -0.454 e. The molecule has 0 bridgehead atoms. The van der Waals surface area contributed by atoms with Crippen LogP contribution in [0.2, 0.25) is 0 Å². The molecule has 2 heteroatoms. The van der Waals surface area contributed by atoms with Gasteiger partial charge in [-0.1, -0.05) is 96.8 Å². The van der Waals surface area contributed by atoms with Crippen LogP contribution >= 0.6 is 0 Å². The largest absolute Gasteiger partial charge is 0.454 e. The number of ether oxygens (including phenoxy) is 1. The summed E-state index contributed by atoms with van der Waals surface area (Å²) < 4.78 is 4.76. The Morgan fingerprint density at radius 1 is 0.682 bits per heavy atom. The van der Waals surface area contributed by atoms with Crippen molar-refractivity contribution in [2.45, 2.75) is 123 Å². The van der Waals surface area contributed by atoms with Crippen molar-refractivity contribution in [2.24, 2.45) is 0 Å². The van der Waals surface area contributed by atoms with Crippen LogP contribution in [0.25, 0.3) is 0 Å². The molecule has 0 amide bonds. The Bertz CT molecular complexity index is 216. The second kappa shape index (κ2) is 18.5. The van der Waals surface area contributed by atoms with Crippen molar-refractivity contribution in [3.63, 3.8) is 0 Å². The van der Waals surface area contributed by atoms with Crippen LogP contribution in [-0.2, 0) is 9.53 Å². The summed E-state index contributed by atoms with van der Waals surface area (Å²) in [5.74, 6) is 0.